The first-order chi connectivity index (χ1) is 20.0. The van der Waals surface area contributed by atoms with Crippen LogP contribution in [0.15, 0.2) is 4.42 Å². The van der Waals surface area contributed by atoms with Crippen molar-refractivity contribution in [1.82, 2.24) is 31.5 Å². The number of aldehydes is 1. The number of aromatic nitrogens is 2. The standard InChI is InChI=1S/C29H46N6O7/c1-29(2,3)42-28(40)33-21-13-15-25-35-34-24(41-25)11-7-8-16-30-23(37)14-12-20(18-36)31-27(39)22(32-26(21)38)17-19-9-5-4-6-10-19/h18-22H,4-17H2,1-3H3,(H,30,37)(H,31,39)(H,32,38)(H,33,40). The van der Waals surface area contributed by atoms with Crippen molar-refractivity contribution in [2.24, 2.45) is 5.92 Å². The molecular formula is C29H46N6O7. The van der Waals surface area contributed by atoms with Crippen LogP contribution in [0.5, 0.6) is 0 Å². The first-order valence-corrected chi connectivity index (χ1v) is 15.2. The van der Waals surface area contributed by atoms with Crippen LogP contribution in [0.1, 0.15) is 103 Å². The highest BCUT2D eigenvalue weighted by Gasteiger charge is 2.31. The zero-order valence-electron chi connectivity index (χ0n) is 25.0. The van der Waals surface area contributed by atoms with Crippen molar-refractivity contribution in [3.8, 4) is 0 Å². The lowest BCUT2D eigenvalue weighted by atomic mass is 9.84. The number of amides is 4. The number of hydrogen-bond acceptors (Lipinski definition) is 9. The van der Waals surface area contributed by atoms with Crippen LogP contribution in [0, 0.1) is 5.92 Å². The summed E-state index contributed by atoms with van der Waals surface area (Å²) in [7, 11) is 0. The lowest BCUT2D eigenvalue weighted by Gasteiger charge is -2.29. The number of fused-ring (bicyclic) bond motifs is 2. The summed E-state index contributed by atoms with van der Waals surface area (Å²) in [5, 5.41) is 19.1. The van der Waals surface area contributed by atoms with Gasteiger partial charge < -0.3 is 35.2 Å². The van der Waals surface area contributed by atoms with Crippen LogP contribution in [0.2, 0.25) is 0 Å². The first-order valence-electron chi connectivity index (χ1n) is 15.2. The van der Waals surface area contributed by atoms with Crippen molar-refractivity contribution in [3.05, 3.63) is 11.8 Å². The van der Waals surface area contributed by atoms with Crippen LogP contribution in [0.4, 0.5) is 4.79 Å². The smallest absolute Gasteiger partial charge is 0.408 e. The predicted molar refractivity (Wildman–Crippen MR) is 152 cm³/mol. The Balaban J connectivity index is 1.83. The van der Waals surface area contributed by atoms with Gasteiger partial charge in [-0.05, 0) is 58.8 Å². The van der Waals surface area contributed by atoms with E-state index in [1.165, 1.54) is 0 Å². The number of carbonyl (C=O) groups excluding carboxylic acids is 5. The Labute approximate surface area is 247 Å². The molecule has 1 saturated carbocycles. The average molecular weight is 591 g/mol. The topological polar surface area (TPSA) is 182 Å². The molecule has 234 valence electrons. The number of nitrogens with zero attached hydrogens (tertiary/aromatic N) is 2. The second-order valence-corrected chi connectivity index (χ2v) is 12.2. The normalized spacial score (nSPS) is 24.5. The summed E-state index contributed by atoms with van der Waals surface area (Å²) in [6, 6.07) is -2.85. The third-order valence-electron chi connectivity index (χ3n) is 7.40. The molecule has 4 N–H and O–H groups in total. The molecule has 0 saturated heterocycles. The number of rotatable bonds is 4. The Kier molecular flexibility index (Phi) is 12.7. The summed E-state index contributed by atoms with van der Waals surface area (Å²) >= 11 is 0. The predicted octanol–water partition coefficient (Wildman–Crippen LogP) is 2.27. The number of aryl methyl sites for hydroxylation is 2. The molecule has 3 rings (SSSR count). The highest BCUT2D eigenvalue weighted by molar-refractivity contribution is 5.92. The summed E-state index contributed by atoms with van der Waals surface area (Å²) in [4.78, 5) is 63.8. The summed E-state index contributed by atoms with van der Waals surface area (Å²) in [6.07, 6.45) is 7.85. The fraction of sp³-hybridized carbons (Fsp3) is 0.759. The molecule has 0 radical (unpaired) electrons. The maximum atomic E-state index is 13.6. The van der Waals surface area contributed by atoms with E-state index in [1.807, 2.05) is 0 Å². The molecule has 4 amide bonds. The molecule has 13 nitrogen and oxygen atoms in total. The van der Waals surface area contributed by atoms with Gasteiger partial charge in [-0.15, -0.1) is 10.2 Å². The van der Waals surface area contributed by atoms with Crippen molar-refractivity contribution in [1.29, 1.82) is 0 Å². The third kappa shape index (κ3) is 11.8. The highest BCUT2D eigenvalue weighted by Crippen LogP contribution is 2.27. The van der Waals surface area contributed by atoms with Gasteiger partial charge in [0.25, 0.3) is 0 Å². The number of carbonyl (C=O) groups is 5. The molecule has 1 fully saturated rings. The van der Waals surface area contributed by atoms with Gasteiger partial charge in [0.15, 0.2) is 0 Å². The van der Waals surface area contributed by atoms with Crippen LogP contribution in [-0.4, -0.2) is 70.6 Å². The molecule has 2 bridgehead atoms. The molecule has 1 aliphatic heterocycles. The molecule has 1 aromatic rings. The fourth-order valence-corrected chi connectivity index (χ4v) is 5.20. The van der Waals surface area contributed by atoms with Crippen LogP contribution in [0.25, 0.3) is 0 Å². The largest absolute Gasteiger partial charge is 0.444 e. The van der Waals surface area contributed by atoms with E-state index in [-0.39, 0.29) is 37.5 Å². The SMILES string of the molecule is CC(C)(C)OC(=O)NC1CCc2nnc(o2)CCCCNC(=O)CCC(C=O)NC(=O)C(CC2CCCCC2)NC1=O. The minimum atomic E-state index is -1.05. The van der Waals surface area contributed by atoms with Crippen molar-refractivity contribution in [2.45, 2.75) is 128 Å². The fourth-order valence-electron chi connectivity index (χ4n) is 5.20. The monoisotopic (exact) mass is 590 g/mol. The van der Waals surface area contributed by atoms with Crippen LogP contribution in [-0.2, 0) is 36.8 Å². The molecule has 1 aromatic heterocycles. The zero-order chi connectivity index (χ0) is 30.5. The van der Waals surface area contributed by atoms with E-state index in [0.29, 0.717) is 50.3 Å². The van der Waals surface area contributed by atoms with E-state index < -0.39 is 41.6 Å². The Morgan fingerprint density at radius 2 is 1.64 bits per heavy atom. The molecule has 2 heterocycles. The highest BCUT2D eigenvalue weighted by atomic mass is 16.6. The van der Waals surface area contributed by atoms with Gasteiger partial charge in [-0.1, -0.05) is 32.1 Å². The summed E-state index contributed by atoms with van der Waals surface area (Å²) in [5.41, 5.74) is -0.779. The Morgan fingerprint density at radius 3 is 2.33 bits per heavy atom. The van der Waals surface area contributed by atoms with Gasteiger partial charge in [0.1, 0.15) is 24.0 Å². The number of nitrogens with one attached hydrogen (secondary N) is 4. The third-order valence-corrected chi connectivity index (χ3v) is 7.40. The lowest BCUT2D eigenvalue weighted by molar-refractivity contribution is -0.131. The van der Waals surface area contributed by atoms with Gasteiger partial charge in [0.05, 0.1) is 6.04 Å². The van der Waals surface area contributed by atoms with E-state index in [0.717, 1.165) is 32.1 Å². The molecule has 13 heteroatoms. The van der Waals surface area contributed by atoms with Gasteiger partial charge in [-0.25, -0.2) is 4.79 Å². The van der Waals surface area contributed by atoms with E-state index in [9.17, 15) is 24.0 Å². The van der Waals surface area contributed by atoms with E-state index in [2.05, 4.69) is 31.5 Å². The second-order valence-electron chi connectivity index (χ2n) is 12.2. The maximum Gasteiger partial charge on any atom is 0.408 e. The lowest BCUT2D eigenvalue weighted by Crippen LogP contribution is -2.56. The molecule has 0 spiro atoms. The second kappa shape index (κ2) is 16.2. The zero-order valence-corrected chi connectivity index (χ0v) is 25.0. The van der Waals surface area contributed by atoms with Gasteiger partial charge in [-0.3, -0.25) is 14.4 Å². The molecule has 2 aliphatic rings. The van der Waals surface area contributed by atoms with Crippen molar-refractivity contribution >= 4 is 30.1 Å². The van der Waals surface area contributed by atoms with Gasteiger partial charge in [-0.2, -0.15) is 0 Å². The molecular weight excluding hydrogens is 544 g/mol. The van der Waals surface area contributed by atoms with Crippen molar-refractivity contribution in [3.63, 3.8) is 0 Å². The Morgan fingerprint density at radius 1 is 0.929 bits per heavy atom. The number of alkyl carbamates (subject to hydrolysis) is 1. The van der Waals surface area contributed by atoms with Crippen LogP contribution >= 0.6 is 0 Å². The van der Waals surface area contributed by atoms with Gasteiger partial charge in [0, 0.05) is 25.8 Å². The first kappa shape index (κ1) is 33.0. The summed E-state index contributed by atoms with van der Waals surface area (Å²) in [5.74, 6) is -0.276. The Bertz CT molecular complexity index is 1060. The minimum Gasteiger partial charge on any atom is -0.444 e. The minimum absolute atomic E-state index is 0.0677. The van der Waals surface area contributed by atoms with Crippen LogP contribution < -0.4 is 21.3 Å². The van der Waals surface area contributed by atoms with E-state index in [1.54, 1.807) is 20.8 Å². The van der Waals surface area contributed by atoms with Gasteiger partial charge >= 0.3 is 6.09 Å². The van der Waals surface area contributed by atoms with Crippen molar-refractivity contribution in [2.75, 3.05) is 6.54 Å². The van der Waals surface area contributed by atoms with E-state index in [4.69, 9.17) is 9.15 Å². The van der Waals surface area contributed by atoms with Crippen molar-refractivity contribution < 1.29 is 33.1 Å². The molecule has 1 aliphatic carbocycles. The van der Waals surface area contributed by atoms with Gasteiger partial charge in [0.2, 0.25) is 29.5 Å². The molecule has 0 aromatic carbocycles. The van der Waals surface area contributed by atoms with E-state index >= 15 is 0 Å². The molecule has 42 heavy (non-hydrogen) atoms. The summed E-state index contributed by atoms with van der Waals surface area (Å²) in [6.45, 7) is 5.63. The number of ether oxygens (including phenoxy) is 1. The average Bonchev–Trinajstić information content (AvgIpc) is 3.39. The Hall–Kier alpha value is -3.51. The van der Waals surface area contributed by atoms with Crippen LogP contribution in [0.3, 0.4) is 0 Å². The quantitative estimate of drug-likeness (QED) is 0.382. The maximum absolute atomic E-state index is 13.6. The number of hydrogen-bond donors (Lipinski definition) is 4. The molecule has 3 unspecified atom stereocenters. The molecule has 3 atom stereocenters. The summed E-state index contributed by atoms with van der Waals surface area (Å²) < 4.78 is 11.1.